The van der Waals surface area contributed by atoms with Gasteiger partial charge in [-0.15, -0.1) is 0 Å². The lowest BCUT2D eigenvalue weighted by atomic mass is 10.0. The molecule has 1 atom stereocenters. The Balaban J connectivity index is 2.59. The monoisotopic (exact) mass is 265 g/mol. The third-order valence-corrected chi connectivity index (χ3v) is 2.98. The van der Waals surface area contributed by atoms with Crippen LogP contribution >= 0.6 is 0 Å². The highest BCUT2D eigenvalue weighted by Crippen LogP contribution is 2.27. The molecule has 0 fully saturated rings. The minimum absolute atomic E-state index is 0.322. The molecule has 0 aromatic heterocycles. The van der Waals surface area contributed by atoms with Crippen LogP contribution in [0.5, 0.6) is 5.75 Å². The van der Waals surface area contributed by atoms with Gasteiger partial charge in [0.2, 0.25) is 0 Å². The summed E-state index contributed by atoms with van der Waals surface area (Å²) in [5.41, 5.74) is 2.36. The summed E-state index contributed by atoms with van der Waals surface area (Å²) in [5.74, 6) is 1.31. The molecule has 0 heterocycles. The standard InChI is InChI=1S/C16H27NO2/c1-11(2)15-7-6-13(5)8-16(15)19-10-14(18)9-17-12(3)4/h6-8,11-12,14,17-18H,9-10H2,1-5H3/t14-/m1/s1. The minimum Gasteiger partial charge on any atom is -0.491 e. The molecule has 2 N–H and O–H groups in total. The van der Waals surface area contributed by atoms with Gasteiger partial charge in [-0.25, -0.2) is 0 Å². The molecule has 0 radical (unpaired) electrons. The van der Waals surface area contributed by atoms with Crippen LogP contribution in [0.3, 0.4) is 0 Å². The Labute approximate surface area is 117 Å². The lowest BCUT2D eigenvalue weighted by molar-refractivity contribution is 0.104. The molecule has 19 heavy (non-hydrogen) atoms. The van der Waals surface area contributed by atoms with Crippen molar-refractivity contribution in [3.8, 4) is 5.75 Å². The molecule has 0 saturated heterocycles. The fourth-order valence-corrected chi connectivity index (χ4v) is 1.86. The molecule has 108 valence electrons. The number of hydrogen-bond acceptors (Lipinski definition) is 3. The molecule has 0 aliphatic carbocycles. The van der Waals surface area contributed by atoms with Crippen molar-refractivity contribution in [3.63, 3.8) is 0 Å². The van der Waals surface area contributed by atoms with E-state index < -0.39 is 6.10 Å². The predicted molar refractivity (Wildman–Crippen MR) is 79.9 cm³/mol. The molecule has 3 heteroatoms. The molecule has 0 amide bonds. The van der Waals surface area contributed by atoms with Gasteiger partial charge < -0.3 is 15.2 Å². The largest absolute Gasteiger partial charge is 0.491 e. The molecule has 1 rings (SSSR count). The van der Waals surface area contributed by atoms with Crippen LogP contribution in [0.4, 0.5) is 0 Å². The van der Waals surface area contributed by atoms with E-state index in [1.165, 1.54) is 11.1 Å². The Morgan fingerprint density at radius 3 is 2.47 bits per heavy atom. The minimum atomic E-state index is -0.483. The van der Waals surface area contributed by atoms with E-state index in [0.717, 1.165) is 5.75 Å². The first-order chi connectivity index (χ1) is 8.90. The first kappa shape index (κ1) is 16.0. The molecule has 0 aliphatic heterocycles. The van der Waals surface area contributed by atoms with Gasteiger partial charge in [0.15, 0.2) is 0 Å². The summed E-state index contributed by atoms with van der Waals surface area (Å²) < 4.78 is 5.78. The smallest absolute Gasteiger partial charge is 0.123 e. The Morgan fingerprint density at radius 2 is 1.89 bits per heavy atom. The van der Waals surface area contributed by atoms with Crippen molar-refractivity contribution in [2.45, 2.75) is 52.7 Å². The Hall–Kier alpha value is -1.06. The van der Waals surface area contributed by atoms with Crippen molar-refractivity contribution >= 4 is 0 Å². The van der Waals surface area contributed by atoms with Crippen molar-refractivity contribution < 1.29 is 9.84 Å². The first-order valence-corrected chi connectivity index (χ1v) is 7.05. The van der Waals surface area contributed by atoms with Crippen LogP contribution in [0.15, 0.2) is 18.2 Å². The van der Waals surface area contributed by atoms with Crippen molar-refractivity contribution in [3.05, 3.63) is 29.3 Å². The van der Waals surface area contributed by atoms with Gasteiger partial charge in [-0.2, -0.15) is 0 Å². The fraction of sp³-hybridized carbons (Fsp3) is 0.625. The summed E-state index contributed by atoms with van der Waals surface area (Å²) in [5, 5.41) is 13.1. The zero-order valence-corrected chi connectivity index (χ0v) is 12.7. The molecule has 0 aliphatic rings. The highest BCUT2D eigenvalue weighted by Gasteiger charge is 2.11. The van der Waals surface area contributed by atoms with E-state index >= 15 is 0 Å². The molecule has 0 bridgehead atoms. The van der Waals surface area contributed by atoms with Gasteiger partial charge in [0.25, 0.3) is 0 Å². The number of nitrogens with one attached hydrogen (secondary N) is 1. The second-order valence-electron chi connectivity index (χ2n) is 5.72. The lowest BCUT2D eigenvalue weighted by Gasteiger charge is -2.18. The number of aliphatic hydroxyl groups excluding tert-OH is 1. The van der Waals surface area contributed by atoms with Gasteiger partial charge in [-0.3, -0.25) is 0 Å². The van der Waals surface area contributed by atoms with Crippen molar-refractivity contribution in [2.24, 2.45) is 0 Å². The molecule has 0 spiro atoms. The molecule has 1 aromatic rings. The van der Waals surface area contributed by atoms with Crippen LogP contribution in [-0.2, 0) is 0 Å². The van der Waals surface area contributed by atoms with Gasteiger partial charge in [-0.1, -0.05) is 39.8 Å². The van der Waals surface area contributed by atoms with Crippen LogP contribution < -0.4 is 10.1 Å². The molecular formula is C16H27NO2. The first-order valence-electron chi connectivity index (χ1n) is 7.05. The zero-order chi connectivity index (χ0) is 14.4. The maximum absolute atomic E-state index is 9.87. The van der Waals surface area contributed by atoms with E-state index in [2.05, 4.69) is 45.1 Å². The zero-order valence-electron chi connectivity index (χ0n) is 12.7. The fourth-order valence-electron chi connectivity index (χ4n) is 1.86. The quantitative estimate of drug-likeness (QED) is 0.796. The van der Waals surface area contributed by atoms with Gasteiger partial charge in [0.05, 0.1) is 0 Å². The number of aryl methyl sites for hydroxylation is 1. The van der Waals surface area contributed by atoms with Gasteiger partial charge >= 0.3 is 0 Å². The molecule has 1 aromatic carbocycles. The number of hydrogen-bond donors (Lipinski definition) is 2. The molecular weight excluding hydrogens is 238 g/mol. The van der Waals surface area contributed by atoms with E-state index in [-0.39, 0.29) is 0 Å². The van der Waals surface area contributed by atoms with E-state index in [4.69, 9.17) is 4.74 Å². The van der Waals surface area contributed by atoms with Crippen molar-refractivity contribution in [1.82, 2.24) is 5.32 Å². The number of rotatable bonds is 7. The third kappa shape index (κ3) is 5.62. The van der Waals surface area contributed by atoms with Crippen LogP contribution in [0.1, 0.15) is 44.7 Å². The summed E-state index contributed by atoms with van der Waals surface area (Å²) in [4.78, 5) is 0. The van der Waals surface area contributed by atoms with Crippen molar-refractivity contribution in [2.75, 3.05) is 13.2 Å². The average molecular weight is 265 g/mol. The summed E-state index contributed by atoms with van der Waals surface area (Å²) in [6.07, 6.45) is -0.483. The highest BCUT2D eigenvalue weighted by molar-refractivity contribution is 5.39. The molecule has 0 unspecified atom stereocenters. The topological polar surface area (TPSA) is 41.5 Å². The molecule has 3 nitrogen and oxygen atoms in total. The van der Waals surface area contributed by atoms with E-state index in [0.29, 0.717) is 25.1 Å². The lowest BCUT2D eigenvalue weighted by Crippen LogP contribution is -2.35. The van der Waals surface area contributed by atoms with Crippen LogP contribution in [0.2, 0.25) is 0 Å². The third-order valence-electron chi connectivity index (χ3n) is 2.98. The normalized spacial score (nSPS) is 13.1. The average Bonchev–Trinajstić information content (AvgIpc) is 2.33. The summed E-state index contributed by atoms with van der Waals surface area (Å²) in [6.45, 7) is 11.3. The van der Waals surface area contributed by atoms with Crippen LogP contribution in [0.25, 0.3) is 0 Å². The van der Waals surface area contributed by atoms with Crippen LogP contribution in [0, 0.1) is 6.92 Å². The van der Waals surface area contributed by atoms with E-state index in [1.54, 1.807) is 0 Å². The number of benzene rings is 1. The maximum Gasteiger partial charge on any atom is 0.123 e. The second-order valence-corrected chi connectivity index (χ2v) is 5.72. The number of ether oxygens (including phenoxy) is 1. The Morgan fingerprint density at radius 1 is 1.21 bits per heavy atom. The van der Waals surface area contributed by atoms with Gasteiger partial charge in [-0.05, 0) is 30.0 Å². The maximum atomic E-state index is 9.87. The van der Waals surface area contributed by atoms with Gasteiger partial charge in [0, 0.05) is 12.6 Å². The summed E-state index contributed by atoms with van der Waals surface area (Å²) in [6, 6.07) is 6.62. The van der Waals surface area contributed by atoms with Gasteiger partial charge in [0.1, 0.15) is 18.5 Å². The number of aliphatic hydroxyl groups is 1. The second kappa shape index (κ2) is 7.51. The van der Waals surface area contributed by atoms with Crippen LogP contribution in [-0.4, -0.2) is 30.4 Å². The Kier molecular flexibility index (Phi) is 6.32. The SMILES string of the molecule is Cc1ccc(C(C)C)c(OC[C@H](O)CNC(C)C)c1. The predicted octanol–water partition coefficient (Wildman–Crippen LogP) is 2.86. The highest BCUT2D eigenvalue weighted by atomic mass is 16.5. The van der Waals surface area contributed by atoms with Crippen molar-refractivity contribution in [1.29, 1.82) is 0 Å². The Bertz CT molecular complexity index is 388. The summed E-state index contributed by atoms with van der Waals surface area (Å²) >= 11 is 0. The summed E-state index contributed by atoms with van der Waals surface area (Å²) in [7, 11) is 0. The molecule has 0 saturated carbocycles. The van der Waals surface area contributed by atoms with E-state index in [1.807, 2.05) is 13.0 Å². The van der Waals surface area contributed by atoms with E-state index in [9.17, 15) is 5.11 Å².